The molecule has 3 rings (SSSR count). The smallest absolute Gasteiger partial charge is 0.312 e. The number of halogens is 1. The van der Waals surface area contributed by atoms with Crippen LogP contribution < -0.4 is 0 Å². The van der Waals surface area contributed by atoms with E-state index in [2.05, 4.69) is 49.9 Å². The number of carbonyl (C=O) groups is 3. The third-order valence-corrected chi connectivity index (χ3v) is 9.47. The van der Waals surface area contributed by atoms with Crippen LogP contribution in [-0.2, 0) is 23.9 Å². The van der Waals surface area contributed by atoms with Crippen LogP contribution in [0.1, 0.15) is 80.1 Å². The van der Waals surface area contributed by atoms with Crippen molar-refractivity contribution in [1.29, 1.82) is 0 Å². The highest BCUT2D eigenvalue weighted by Crippen LogP contribution is 2.61. The van der Waals surface area contributed by atoms with Gasteiger partial charge >= 0.3 is 5.97 Å². The van der Waals surface area contributed by atoms with Gasteiger partial charge in [0, 0.05) is 16.9 Å². The molecule has 2 amide bonds. The van der Waals surface area contributed by atoms with Crippen molar-refractivity contribution in [2.24, 2.45) is 17.3 Å². The van der Waals surface area contributed by atoms with Crippen molar-refractivity contribution in [2.75, 3.05) is 19.8 Å². The molecule has 3 unspecified atom stereocenters. The zero-order valence-electron chi connectivity index (χ0n) is 25.2. The molecule has 3 aliphatic rings. The molecule has 1 spiro atoms. The predicted octanol–water partition coefficient (Wildman–Crippen LogP) is 4.63. The molecule has 3 aliphatic heterocycles. The standard InChI is InChI=1S/C31H49BrN2O6/c1-9-12-13-14-16-39-28(38)22-23-26(36)34(20(11-3)18-35)25(31(23)17-21(32)24(22)40-31)27(37)33(15-10-2)30(7,8)19-29(4,5)6/h9-10,20-25,35H,1-2,11-19H2,3-8H3/t20-,21?,22+,23-,24+,25?,31?/m0/s1. The Morgan fingerprint density at radius 3 is 2.48 bits per heavy atom. The van der Waals surface area contributed by atoms with Crippen LogP contribution in [0.15, 0.2) is 25.3 Å². The predicted molar refractivity (Wildman–Crippen MR) is 159 cm³/mol. The lowest BCUT2D eigenvalue weighted by molar-refractivity contribution is -0.158. The molecule has 0 aromatic rings. The number of allylic oxidation sites excluding steroid dienone is 1. The Hall–Kier alpha value is -1.71. The van der Waals surface area contributed by atoms with E-state index in [1.165, 1.54) is 4.90 Å². The van der Waals surface area contributed by atoms with Gasteiger partial charge in [-0.2, -0.15) is 0 Å². The number of carbonyl (C=O) groups excluding carboxylic acids is 3. The molecule has 7 atom stereocenters. The van der Waals surface area contributed by atoms with Gasteiger partial charge in [0.05, 0.1) is 37.2 Å². The number of fused-ring (bicyclic) bond motifs is 1. The number of aliphatic hydroxyl groups excluding tert-OH is 1. The Kier molecular flexibility index (Phi) is 10.4. The quantitative estimate of drug-likeness (QED) is 0.131. The van der Waals surface area contributed by atoms with Gasteiger partial charge in [0.25, 0.3) is 0 Å². The zero-order valence-corrected chi connectivity index (χ0v) is 26.7. The summed E-state index contributed by atoms with van der Waals surface area (Å²) < 4.78 is 12.3. The molecule has 8 nitrogen and oxygen atoms in total. The van der Waals surface area contributed by atoms with Crippen LogP contribution >= 0.6 is 15.9 Å². The van der Waals surface area contributed by atoms with E-state index in [1.807, 2.05) is 26.8 Å². The largest absolute Gasteiger partial charge is 0.465 e. The fourth-order valence-electron chi connectivity index (χ4n) is 7.39. The van der Waals surface area contributed by atoms with Crippen LogP contribution in [0.2, 0.25) is 0 Å². The number of ether oxygens (including phenoxy) is 2. The number of hydrogen-bond acceptors (Lipinski definition) is 6. The van der Waals surface area contributed by atoms with Crippen LogP contribution in [0, 0.1) is 17.3 Å². The van der Waals surface area contributed by atoms with Gasteiger partial charge in [0.1, 0.15) is 11.6 Å². The van der Waals surface area contributed by atoms with Crippen molar-refractivity contribution < 1.29 is 29.0 Å². The number of esters is 1. The van der Waals surface area contributed by atoms with E-state index in [4.69, 9.17) is 9.47 Å². The molecule has 0 radical (unpaired) electrons. The Morgan fingerprint density at radius 2 is 1.93 bits per heavy atom. The van der Waals surface area contributed by atoms with Crippen LogP contribution in [0.25, 0.3) is 0 Å². The minimum atomic E-state index is -1.20. The molecule has 2 bridgehead atoms. The summed E-state index contributed by atoms with van der Waals surface area (Å²) in [5, 5.41) is 10.3. The van der Waals surface area contributed by atoms with Crippen molar-refractivity contribution in [2.45, 2.75) is 114 Å². The van der Waals surface area contributed by atoms with Gasteiger partial charge in [0.15, 0.2) is 0 Å². The molecule has 40 heavy (non-hydrogen) atoms. The number of unbranched alkanes of at least 4 members (excludes halogenated alkanes) is 2. The molecule has 0 aliphatic carbocycles. The fourth-order valence-corrected chi connectivity index (χ4v) is 8.33. The van der Waals surface area contributed by atoms with Crippen LogP contribution in [-0.4, -0.2) is 86.6 Å². The maximum atomic E-state index is 14.7. The average molecular weight is 626 g/mol. The number of likely N-dealkylation sites (tertiary alicyclic amines) is 1. The van der Waals surface area contributed by atoms with Gasteiger partial charge in [-0.3, -0.25) is 14.4 Å². The second kappa shape index (κ2) is 12.7. The molecule has 3 fully saturated rings. The summed E-state index contributed by atoms with van der Waals surface area (Å²) >= 11 is 3.71. The van der Waals surface area contributed by atoms with Crippen molar-refractivity contribution in [3.63, 3.8) is 0 Å². The molecule has 0 aromatic carbocycles. The Morgan fingerprint density at radius 1 is 1.25 bits per heavy atom. The highest BCUT2D eigenvalue weighted by Gasteiger charge is 2.77. The topological polar surface area (TPSA) is 96.4 Å². The highest BCUT2D eigenvalue weighted by molar-refractivity contribution is 9.09. The molecule has 9 heteroatoms. The van der Waals surface area contributed by atoms with Gasteiger partial charge in [-0.05, 0) is 57.8 Å². The number of hydrogen-bond donors (Lipinski definition) is 1. The monoisotopic (exact) mass is 624 g/mol. The van der Waals surface area contributed by atoms with Gasteiger partial charge in [-0.15, -0.1) is 13.2 Å². The molecule has 0 aromatic heterocycles. The third-order valence-electron chi connectivity index (χ3n) is 8.63. The lowest BCUT2D eigenvalue weighted by Gasteiger charge is -2.46. The van der Waals surface area contributed by atoms with Gasteiger partial charge in [-0.1, -0.05) is 55.8 Å². The summed E-state index contributed by atoms with van der Waals surface area (Å²) in [4.78, 5) is 45.6. The summed E-state index contributed by atoms with van der Waals surface area (Å²) in [6.45, 7) is 20.2. The van der Waals surface area contributed by atoms with E-state index in [9.17, 15) is 19.5 Å². The van der Waals surface area contributed by atoms with E-state index < -0.39 is 47.1 Å². The van der Waals surface area contributed by atoms with Crippen molar-refractivity contribution in [1.82, 2.24) is 9.80 Å². The summed E-state index contributed by atoms with van der Waals surface area (Å²) in [5.41, 5.74) is -1.81. The minimum Gasteiger partial charge on any atom is -0.465 e. The average Bonchev–Trinajstić information content (AvgIpc) is 3.45. The summed E-state index contributed by atoms with van der Waals surface area (Å²) in [7, 11) is 0. The molecule has 3 heterocycles. The van der Waals surface area contributed by atoms with Gasteiger partial charge in [0.2, 0.25) is 11.8 Å². The lowest BCUT2D eigenvalue weighted by Crippen LogP contribution is -2.62. The number of aliphatic hydroxyl groups is 1. The number of alkyl halides is 1. The first kappa shape index (κ1) is 32.8. The van der Waals surface area contributed by atoms with E-state index in [1.54, 1.807) is 11.0 Å². The Balaban J connectivity index is 2.04. The van der Waals surface area contributed by atoms with Crippen molar-refractivity contribution in [3.8, 4) is 0 Å². The molecular formula is C31H49BrN2O6. The molecule has 226 valence electrons. The summed E-state index contributed by atoms with van der Waals surface area (Å²) in [6, 6.07) is -1.55. The maximum Gasteiger partial charge on any atom is 0.312 e. The SMILES string of the molecule is C=CCCCCOC(=O)[C@H]1[C@@H]2OC3(CC2Br)C(C(=O)N(CC=C)C(C)(C)CC(C)(C)C)N([C@@H](CC)CO)C(=O)[C@H]13. The second-order valence-electron chi connectivity index (χ2n) is 13.4. The normalized spacial score (nSPS) is 30.2. The minimum absolute atomic E-state index is 0.0595. The maximum absolute atomic E-state index is 14.7. The van der Waals surface area contributed by atoms with Crippen LogP contribution in [0.3, 0.4) is 0 Å². The van der Waals surface area contributed by atoms with Crippen molar-refractivity contribution in [3.05, 3.63) is 25.3 Å². The third kappa shape index (κ3) is 6.07. The summed E-state index contributed by atoms with van der Waals surface area (Å²) in [5.74, 6) is -2.69. The zero-order chi connectivity index (χ0) is 30.0. The highest BCUT2D eigenvalue weighted by atomic mass is 79.9. The first-order valence-electron chi connectivity index (χ1n) is 14.7. The molecular weight excluding hydrogens is 576 g/mol. The summed E-state index contributed by atoms with van der Waals surface area (Å²) in [6.07, 6.45) is 6.95. The van der Waals surface area contributed by atoms with E-state index in [-0.39, 0.29) is 35.3 Å². The lowest BCUT2D eigenvalue weighted by atomic mass is 9.70. The number of rotatable bonds is 14. The van der Waals surface area contributed by atoms with E-state index in [0.29, 0.717) is 25.8 Å². The number of nitrogens with zero attached hydrogens (tertiary/aromatic N) is 2. The molecule has 0 saturated carbocycles. The van der Waals surface area contributed by atoms with Gasteiger partial charge in [-0.25, -0.2) is 0 Å². The number of amides is 2. The molecule has 3 saturated heterocycles. The molecule has 1 N–H and O–H groups in total. The van der Waals surface area contributed by atoms with Gasteiger partial charge < -0.3 is 24.4 Å². The first-order valence-corrected chi connectivity index (χ1v) is 15.6. The second-order valence-corrected chi connectivity index (χ2v) is 14.6. The van der Waals surface area contributed by atoms with Crippen molar-refractivity contribution >= 4 is 33.7 Å². The van der Waals surface area contributed by atoms with E-state index >= 15 is 0 Å². The fraction of sp³-hybridized carbons (Fsp3) is 0.774. The Bertz CT molecular complexity index is 973. The van der Waals surface area contributed by atoms with Crippen LogP contribution in [0.5, 0.6) is 0 Å². The Labute approximate surface area is 248 Å². The first-order chi connectivity index (χ1) is 18.7. The van der Waals surface area contributed by atoms with Crippen LogP contribution in [0.4, 0.5) is 0 Å². The van der Waals surface area contributed by atoms with E-state index in [0.717, 1.165) is 19.3 Å².